The van der Waals surface area contributed by atoms with Gasteiger partial charge in [0.2, 0.25) is 12.2 Å². The van der Waals surface area contributed by atoms with Crippen LogP contribution in [-0.4, -0.2) is 18.7 Å². The Morgan fingerprint density at radius 2 is 2.07 bits per heavy atom. The predicted molar refractivity (Wildman–Crippen MR) is 55.5 cm³/mol. The minimum absolute atomic E-state index is 0.477. The average Bonchev–Trinajstić information content (AvgIpc) is 2.26. The van der Waals surface area contributed by atoms with Crippen molar-refractivity contribution in [2.45, 2.75) is 12.8 Å². The fourth-order valence-corrected chi connectivity index (χ4v) is 1.24. The lowest BCUT2D eigenvalue weighted by Crippen LogP contribution is -1.87. The molecule has 0 N–H and O–H groups in total. The lowest BCUT2D eigenvalue weighted by atomic mass is 10.1. The van der Waals surface area contributed by atoms with Gasteiger partial charge >= 0.3 is 0 Å². The minimum Gasteiger partial charge on any atom is -0.211 e. The second-order valence-corrected chi connectivity index (χ2v) is 2.95. The van der Waals surface area contributed by atoms with Gasteiger partial charge in [0.15, 0.2) is 0 Å². The summed E-state index contributed by atoms with van der Waals surface area (Å²) >= 11 is 0. The lowest BCUT2D eigenvalue weighted by molar-refractivity contribution is 0.562. The molecule has 0 bridgehead atoms. The first-order valence-corrected chi connectivity index (χ1v) is 4.57. The van der Waals surface area contributed by atoms with Gasteiger partial charge in [0.1, 0.15) is 0 Å². The number of hydrogen-bond donors (Lipinski definition) is 0. The topological polar surface area (TPSA) is 58.9 Å². The molecular formula is C11H10N2O2. The molecule has 0 amide bonds. The van der Waals surface area contributed by atoms with Crippen molar-refractivity contribution in [3.05, 3.63) is 29.8 Å². The molecule has 76 valence electrons. The fraction of sp³-hybridized carbons (Fsp3) is 0.273. The number of isocyanates is 2. The highest BCUT2D eigenvalue weighted by Crippen LogP contribution is 2.14. The number of aryl methyl sites for hydroxylation is 1. The van der Waals surface area contributed by atoms with Gasteiger partial charge in [-0.15, -0.1) is 0 Å². The van der Waals surface area contributed by atoms with E-state index in [0.29, 0.717) is 12.2 Å². The summed E-state index contributed by atoms with van der Waals surface area (Å²) in [7, 11) is 0. The molecule has 0 fully saturated rings. The van der Waals surface area contributed by atoms with E-state index in [4.69, 9.17) is 0 Å². The van der Waals surface area contributed by atoms with Crippen LogP contribution >= 0.6 is 0 Å². The molecule has 0 atom stereocenters. The Bertz CT molecular complexity index is 416. The molecule has 0 radical (unpaired) electrons. The third-order valence-electron chi connectivity index (χ3n) is 1.89. The molecular weight excluding hydrogens is 192 g/mol. The molecule has 0 unspecified atom stereocenters. The zero-order valence-electron chi connectivity index (χ0n) is 8.14. The van der Waals surface area contributed by atoms with Crippen molar-refractivity contribution in [2.24, 2.45) is 9.98 Å². The summed E-state index contributed by atoms with van der Waals surface area (Å²) in [5.74, 6) is 0. The maximum absolute atomic E-state index is 10.0. The number of hydrogen-bond acceptors (Lipinski definition) is 4. The normalized spacial score (nSPS) is 8.80. The van der Waals surface area contributed by atoms with E-state index in [0.717, 1.165) is 18.4 Å². The Labute approximate surface area is 87.4 Å². The minimum atomic E-state index is 0.477. The van der Waals surface area contributed by atoms with E-state index in [2.05, 4.69) is 9.98 Å². The molecule has 4 heteroatoms. The average molecular weight is 202 g/mol. The fourth-order valence-electron chi connectivity index (χ4n) is 1.24. The third kappa shape index (κ3) is 4.14. The van der Waals surface area contributed by atoms with Crippen LogP contribution < -0.4 is 0 Å². The summed E-state index contributed by atoms with van der Waals surface area (Å²) in [6.07, 6.45) is 4.56. The van der Waals surface area contributed by atoms with Crippen LogP contribution in [0.2, 0.25) is 0 Å². The SMILES string of the molecule is O=C=NCCCc1cccc(N=C=O)c1. The standard InChI is InChI=1S/C11H10N2O2/c14-8-12-6-2-4-10-3-1-5-11(7-10)13-9-15/h1,3,5,7H,2,4,6H2. The summed E-state index contributed by atoms with van der Waals surface area (Å²) in [5, 5.41) is 0. The van der Waals surface area contributed by atoms with Crippen molar-refractivity contribution < 1.29 is 9.59 Å². The Morgan fingerprint density at radius 1 is 1.20 bits per heavy atom. The molecule has 0 spiro atoms. The Hall–Kier alpha value is -2.02. The third-order valence-corrected chi connectivity index (χ3v) is 1.89. The number of aliphatic imine (C=N–C) groups is 2. The quantitative estimate of drug-likeness (QED) is 0.416. The van der Waals surface area contributed by atoms with Gasteiger partial charge in [0, 0.05) is 0 Å². The molecule has 0 heterocycles. The second kappa shape index (κ2) is 6.44. The molecule has 0 saturated heterocycles. The molecule has 4 nitrogen and oxygen atoms in total. The maximum Gasteiger partial charge on any atom is 0.240 e. The summed E-state index contributed by atoms with van der Waals surface area (Å²) in [6, 6.07) is 7.32. The van der Waals surface area contributed by atoms with Crippen LogP contribution in [0.5, 0.6) is 0 Å². The van der Waals surface area contributed by atoms with Gasteiger partial charge in [0.25, 0.3) is 0 Å². The highest BCUT2D eigenvalue weighted by Gasteiger charge is 1.94. The Morgan fingerprint density at radius 3 is 2.80 bits per heavy atom. The number of rotatable bonds is 5. The van der Waals surface area contributed by atoms with E-state index in [-0.39, 0.29) is 0 Å². The van der Waals surface area contributed by atoms with E-state index in [1.807, 2.05) is 18.2 Å². The first-order valence-electron chi connectivity index (χ1n) is 4.57. The largest absolute Gasteiger partial charge is 0.240 e. The summed E-state index contributed by atoms with van der Waals surface area (Å²) < 4.78 is 0. The molecule has 1 aromatic rings. The van der Waals surface area contributed by atoms with Crippen LogP contribution in [0.1, 0.15) is 12.0 Å². The highest BCUT2D eigenvalue weighted by molar-refractivity contribution is 5.49. The van der Waals surface area contributed by atoms with Crippen molar-refractivity contribution >= 4 is 17.8 Å². The molecule has 0 saturated carbocycles. The van der Waals surface area contributed by atoms with E-state index >= 15 is 0 Å². The van der Waals surface area contributed by atoms with E-state index in [1.54, 1.807) is 6.07 Å². The second-order valence-electron chi connectivity index (χ2n) is 2.95. The Balaban J connectivity index is 2.57. The molecule has 15 heavy (non-hydrogen) atoms. The van der Waals surface area contributed by atoms with Crippen LogP contribution in [0.4, 0.5) is 5.69 Å². The summed E-state index contributed by atoms with van der Waals surface area (Å²) in [6.45, 7) is 0.477. The number of carbonyl (C=O) groups excluding carboxylic acids is 2. The smallest absolute Gasteiger partial charge is 0.211 e. The van der Waals surface area contributed by atoms with Crippen LogP contribution in [0.3, 0.4) is 0 Å². The van der Waals surface area contributed by atoms with Crippen molar-refractivity contribution in [3.8, 4) is 0 Å². The number of benzene rings is 1. The first kappa shape index (κ1) is 11.1. The van der Waals surface area contributed by atoms with Crippen molar-refractivity contribution in [1.82, 2.24) is 0 Å². The summed E-state index contributed by atoms with van der Waals surface area (Å²) in [5.41, 5.74) is 1.66. The molecule has 1 aromatic carbocycles. The van der Waals surface area contributed by atoms with Crippen molar-refractivity contribution in [3.63, 3.8) is 0 Å². The van der Waals surface area contributed by atoms with Gasteiger partial charge in [-0.2, -0.15) is 4.99 Å². The van der Waals surface area contributed by atoms with Gasteiger partial charge in [0.05, 0.1) is 12.2 Å². The van der Waals surface area contributed by atoms with E-state index < -0.39 is 0 Å². The van der Waals surface area contributed by atoms with Gasteiger partial charge in [-0.25, -0.2) is 14.6 Å². The van der Waals surface area contributed by atoms with Crippen LogP contribution in [0, 0.1) is 0 Å². The molecule has 0 aliphatic rings. The molecule has 1 rings (SSSR count). The van der Waals surface area contributed by atoms with Gasteiger partial charge in [-0.3, -0.25) is 0 Å². The molecule has 0 aliphatic heterocycles. The van der Waals surface area contributed by atoms with Crippen molar-refractivity contribution in [2.75, 3.05) is 6.54 Å². The van der Waals surface area contributed by atoms with Gasteiger partial charge < -0.3 is 0 Å². The monoisotopic (exact) mass is 202 g/mol. The van der Waals surface area contributed by atoms with Crippen LogP contribution in [0.15, 0.2) is 34.3 Å². The predicted octanol–water partition coefficient (Wildman–Crippen LogP) is 1.92. The van der Waals surface area contributed by atoms with E-state index in [9.17, 15) is 9.59 Å². The van der Waals surface area contributed by atoms with Crippen LogP contribution in [-0.2, 0) is 16.0 Å². The van der Waals surface area contributed by atoms with Gasteiger partial charge in [-0.1, -0.05) is 12.1 Å². The highest BCUT2D eigenvalue weighted by atomic mass is 16.1. The summed E-state index contributed by atoms with van der Waals surface area (Å²) in [4.78, 5) is 26.8. The maximum atomic E-state index is 10.0. The van der Waals surface area contributed by atoms with Gasteiger partial charge in [-0.05, 0) is 30.5 Å². The number of nitrogens with zero attached hydrogens (tertiary/aromatic N) is 2. The zero-order valence-corrected chi connectivity index (χ0v) is 8.14. The van der Waals surface area contributed by atoms with Crippen molar-refractivity contribution in [1.29, 1.82) is 0 Å². The zero-order chi connectivity index (χ0) is 10.9. The first-order chi connectivity index (χ1) is 7.36. The Kier molecular flexibility index (Phi) is 4.74. The van der Waals surface area contributed by atoms with Crippen LogP contribution in [0.25, 0.3) is 0 Å². The lowest BCUT2D eigenvalue weighted by Gasteiger charge is -1.99. The molecule has 0 aliphatic carbocycles. The van der Waals surface area contributed by atoms with E-state index in [1.165, 1.54) is 12.2 Å². The molecule has 0 aromatic heterocycles.